The molecule has 0 bridgehead atoms. The van der Waals surface area contributed by atoms with Gasteiger partial charge < -0.3 is 4.74 Å². The fraction of sp³-hybridized carbons (Fsp3) is 0.529. The third-order valence-electron chi connectivity index (χ3n) is 4.27. The first kappa shape index (κ1) is 16.4. The highest BCUT2D eigenvalue weighted by molar-refractivity contribution is 6.30. The first-order chi connectivity index (χ1) is 11.2. The Labute approximate surface area is 142 Å². The van der Waals surface area contributed by atoms with Crippen molar-refractivity contribution in [1.29, 1.82) is 0 Å². The number of hydrogen-bond donors (Lipinski definition) is 0. The van der Waals surface area contributed by atoms with E-state index in [-0.39, 0.29) is 0 Å². The maximum Gasteiger partial charge on any atom is 0.0971 e. The molecule has 0 N–H and O–H groups in total. The van der Waals surface area contributed by atoms with E-state index in [0.717, 1.165) is 42.6 Å². The standard InChI is InChI=1S/C17H23ClN4O/c1-23-13-14-4-2-3-9-21(10-14)11-16-12-22(20-19-16)17-7-5-15(18)6-8-17/h5-8,12,14H,2-4,9-11,13H2,1H3/t14-/m0/s1. The molecule has 1 aliphatic heterocycles. The second kappa shape index (κ2) is 7.90. The molecule has 0 saturated carbocycles. The molecule has 6 heteroatoms. The minimum absolute atomic E-state index is 0.619. The van der Waals surface area contributed by atoms with Crippen molar-refractivity contribution in [2.24, 2.45) is 5.92 Å². The van der Waals surface area contributed by atoms with Crippen LogP contribution in [0.2, 0.25) is 5.02 Å². The van der Waals surface area contributed by atoms with Gasteiger partial charge >= 0.3 is 0 Å². The van der Waals surface area contributed by atoms with Gasteiger partial charge in [-0.15, -0.1) is 5.10 Å². The molecule has 0 aliphatic carbocycles. The molecule has 1 fully saturated rings. The van der Waals surface area contributed by atoms with Crippen molar-refractivity contribution >= 4 is 11.6 Å². The number of aromatic nitrogens is 3. The van der Waals surface area contributed by atoms with Gasteiger partial charge in [-0.2, -0.15) is 0 Å². The first-order valence-corrected chi connectivity index (χ1v) is 8.51. The van der Waals surface area contributed by atoms with Crippen LogP contribution < -0.4 is 0 Å². The zero-order valence-electron chi connectivity index (χ0n) is 13.5. The SMILES string of the molecule is COC[C@H]1CCCCN(Cc2cn(-c3ccc(Cl)cc3)nn2)C1. The lowest BCUT2D eigenvalue weighted by Gasteiger charge is -2.22. The van der Waals surface area contributed by atoms with E-state index in [0.29, 0.717) is 5.92 Å². The van der Waals surface area contributed by atoms with Crippen LogP contribution in [0.4, 0.5) is 0 Å². The van der Waals surface area contributed by atoms with Gasteiger partial charge in [0.25, 0.3) is 0 Å². The van der Waals surface area contributed by atoms with Crippen LogP contribution in [-0.2, 0) is 11.3 Å². The Morgan fingerprint density at radius 2 is 2.09 bits per heavy atom. The van der Waals surface area contributed by atoms with Crippen molar-refractivity contribution in [3.05, 3.63) is 41.2 Å². The quantitative estimate of drug-likeness (QED) is 0.842. The summed E-state index contributed by atoms with van der Waals surface area (Å²) >= 11 is 5.93. The van der Waals surface area contributed by atoms with E-state index in [4.69, 9.17) is 16.3 Å². The van der Waals surface area contributed by atoms with Crippen LogP contribution in [0.25, 0.3) is 5.69 Å². The molecule has 2 heterocycles. The fourth-order valence-corrected chi connectivity index (χ4v) is 3.28. The van der Waals surface area contributed by atoms with Crippen molar-refractivity contribution in [3.8, 4) is 5.69 Å². The summed E-state index contributed by atoms with van der Waals surface area (Å²) in [6.45, 7) is 3.87. The molecule has 0 unspecified atom stereocenters. The van der Waals surface area contributed by atoms with E-state index in [2.05, 4.69) is 15.2 Å². The second-order valence-electron chi connectivity index (χ2n) is 6.18. The predicted molar refractivity (Wildman–Crippen MR) is 90.9 cm³/mol. The van der Waals surface area contributed by atoms with Crippen LogP contribution in [0.15, 0.2) is 30.5 Å². The highest BCUT2D eigenvalue weighted by atomic mass is 35.5. The number of nitrogens with zero attached hydrogens (tertiary/aromatic N) is 4. The molecule has 2 aromatic rings. The van der Waals surface area contributed by atoms with E-state index >= 15 is 0 Å². The van der Waals surface area contributed by atoms with Crippen molar-refractivity contribution in [3.63, 3.8) is 0 Å². The summed E-state index contributed by atoms with van der Waals surface area (Å²) in [4.78, 5) is 2.47. The number of methoxy groups -OCH3 is 1. The molecule has 23 heavy (non-hydrogen) atoms. The molecule has 1 saturated heterocycles. The minimum Gasteiger partial charge on any atom is -0.384 e. The first-order valence-electron chi connectivity index (χ1n) is 8.13. The summed E-state index contributed by atoms with van der Waals surface area (Å²) in [6.07, 6.45) is 5.77. The lowest BCUT2D eigenvalue weighted by atomic mass is 10.0. The molecule has 0 amide bonds. The van der Waals surface area contributed by atoms with Gasteiger partial charge in [0.05, 0.1) is 24.2 Å². The van der Waals surface area contributed by atoms with Crippen molar-refractivity contribution < 1.29 is 4.74 Å². The maximum absolute atomic E-state index is 5.93. The van der Waals surface area contributed by atoms with Gasteiger partial charge in [-0.3, -0.25) is 4.90 Å². The van der Waals surface area contributed by atoms with Gasteiger partial charge in [-0.25, -0.2) is 4.68 Å². The number of ether oxygens (including phenoxy) is 1. The summed E-state index contributed by atoms with van der Waals surface area (Å²) in [5, 5.41) is 9.28. The lowest BCUT2D eigenvalue weighted by Crippen LogP contribution is -2.29. The molecule has 0 radical (unpaired) electrons. The van der Waals surface area contributed by atoms with E-state index in [1.165, 1.54) is 19.3 Å². The third kappa shape index (κ3) is 4.53. The maximum atomic E-state index is 5.93. The Balaban J connectivity index is 1.64. The minimum atomic E-state index is 0.619. The smallest absolute Gasteiger partial charge is 0.0971 e. The number of likely N-dealkylation sites (tertiary alicyclic amines) is 1. The van der Waals surface area contributed by atoms with E-state index in [1.54, 1.807) is 11.8 Å². The molecular weight excluding hydrogens is 312 g/mol. The van der Waals surface area contributed by atoms with Gasteiger partial charge in [0.15, 0.2) is 0 Å². The van der Waals surface area contributed by atoms with Gasteiger partial charge in [-0.1, -0.05) is 23.2 Å². The summed E-state index contributed by atoms with van der Waals surface area (Å²) in [6, 6.07) is 7.62. The Bertz CT molecular complexity index is 613. The summed E-state index contributed by atoms with van der Waals surface area (Å²) < 4.78 is 7.14. The van der Waals surface area contributed by atoms with Crippen LogP contribution in [0.3, 0.4) is 0 Å². The Kier molecular flexibility index (Phi) is 5.65. The zero-order chi connectivity index (χ0) is 16.1. The summed E-state index contributed by atoms with van der Waals surface area (Å²) in [5.41, 5.74) is 1.97. The number of hydrogen-bond acceptors (Lipinski definition) is 4. The molecule has 1 aliphatic rings. The van der Waals surface area contributed by atoms with E-state index < -0.39 is 0 Å². The Morgan fingerprint density at radius 3 is 2.87 bits per heavy atom. The third-order valence-corrected chi connectivity index (χ3v) is 4.53. The van der Waals surface area contributed by atoms with Gasteiger partial charge in [0, 0.05) is 25.2 Å². The van der Waals surface area contributed by atoms with E-state index in [1.807, 2.05) is 30.5 Å². The molecule has 3 rings (SSSR count). The van der Waals surface area contributed by atoms with Crippen LogP contribution in [0.5, 0.6) is 0 Å². The molecule has 1 aromatic heterocycles. The average molecular weight is 335 g/mol. The molecule has 124 valence electrons. The molecule has 5 nitrogen and oxygen atoms in total. The zero-order valence-corrected chi connectivity index (χ0v) is 14.2. The highest BCUT2D eigenvalue weighted by Gasteiger charge is 2.19. The molecule has 1 atom stereocenters. The van der Waals surface area contributed by atoms with Crippen LogP contribution in [-0.4, -0.2) is 46.7 Å². The van der Waals surface area contributed by atoms with Crippen LogP contribution in [0, 0.1) is 5.92 Å². The molecule has 1 aromatic carbocycles. The Morgan fingerprint density at radius 1 is 1.26 bits per heavy atom. The van der Waals surface area contributed by atoms with Crippen LogP contribution >= 0.6 is 11.6 Å². The highest BCUT2D eigenvalue weighted by Crippen LogP contribution is 2.19. The monoisotopic (exact) mass is 334 g/mol. The lowest BCUT2D eigenvalue weighted by molar-refractivity contribution is 0.123. The van der Waals surface area contributed by atoms with E-state index in [9.17, 15) is 0 Å². The second-order valence-corrected chi connectivity index (χ2v) is 6.62. The number of halogens is 1. The number of benzene rings is 1. The average Bonchev–Trinajstić information content (AvgIpc) is 2.89. The molecular formula is C17H23ClN4O. The van der Waals surface area contributed by atoms with Crippen molar-refractivity contribution in [2.75, 3.05) is 26.8 Å². The van der Waals surface area contributed by atoms with Gasteiger partial charge in [-0.05, 0) is 49.6 Å². The fourth-order valence-electron chi connectivity index (χ4n) is 3.15. The largest absolute Gasteiger partial charge is 0.384 e. The topological polar surface area (TPSA) is 43.2 Å². The Hall–Kier alpha value is -1.43. The summed E-state index contributed by atoms with van der Waals surface area (Å²) in [5.74, 6) is 0.619. The van der Waals surface area contributed by atoms with Gasteiger partial charge in [0.1, 0.15) is 0 Å². The van der Waals surface area contributed by atoms with Crippen molar-refractivity contribution in [2.45, 2.75) is 25.8 Å². The van der Waals surface area contributed by atoms with Crippen LogP contribution in [0.1, 0.15) is 25.0 Å². The number of rotatable bonds is 5. The van der Waals surface area contributed by atoms with Crippen molar-refractivity contribution in [1.82, 2.24) is 19.9 Å². The normalized spacial score (nSPS) is 19.7. The van der Waals surface area contributed by atoms with Gasteiger partial charge in [0.2, 0.25) is 0 Å². The summed E-state index contributed by atoms with van der Waals surface area (Å²) in [7, 11) is 1.78. The predicted octanol–water partition coefficient (Wildman–Crippen LogP) is 3.17. The molecule has 0 spiro atoms.